The summed E-state index contributed by atoms with van der Waals surface area (Å²) < 4.78 is 1.67. The van der Waals surface area contributed by atoms with Gasteiger partial charge in [0.15, 0.2) is 0 Å². The number of pyridine rings is 1. The lowest BCUT2D eigenvalue weighted by Gasteiger charge is -2.34. The third kappa shape index (κ3) is 6.24. The molecule has 1 fully saturated rings. The number of urea groups is 1. The second-order valence-electron chi connectivity index (χ2n) is 9.87. The van der Waals surface area contributed by atoms with Crippen molar-refractivity contribution in [2.45, 2.75) is 32.7 Å². The van der Waals surface area contributed by atoms with Gasteiger partial charge in [-0.05, 0) is 29.8 Å². The molecule has 1 aliphatic rings. The van der Waals surface area contributed by atoms with Gasteiger partial charge in [-0.3, -0.25) is 24.7 Å². The molecule has 1 aromatic carbocycles. The molecule has 0 spiro atoms. The van der Waals surface area contributed by atoms with E-state index in [4.69, 9.17) is 0 Å². The van der Waals surface area contributed by atoms with Gasteiger partial charge in [0.05, 0.1) is 11.3 Å². The fourth-order valence-corrected chi connectivity index (χ4v) is 3.96. The molecular formula is C26H33N7O2. The number of hydrogen-bond acceptors (Lipinski definition) is 5. The van der Waals surface area contributed by atoms with E-state index in [0.717, 1.165) is 36.6 Å². The second kappa shape index (κ2) is 10.3. The summed E-state index contributed by atoms with van der Waals surface area (Å²) in [6.07, 6.45) is 3.29. The molecule has 3 amide bonds. The third-order valence-electron chi connectivity index (χ3n) is 6.08. The maximum absolute atomic E-state index is 12.6. The average Bonchev–Trinajstić information content (AvgIpc) is 3.21. The Morgan fingerprint density at radius 3 is 2.31 bits per heavy atom. The van der Waals surface area contributed by atoms with Crippen LogP contribution in [0.1, 0.15) is 42.4 Å². The summed E-state index contributed by atoms with van der Waals surface area (Å²) in [6.45, 7) is 10.1. The first kappa shape index (κ1) is 24.4. The maximum Gasteiger partial charge on any atom is 0.324 e. The molecule has 0 atom stereocenters. The summed E-state index contributed by atoms with van der Waals surface area (Å²) in [6, 6.07) is 13.0. The maximum atomic E-state index is 12.6. The number of amides is 3. The molecule has 2 N–H and O–H groups in total. The molecule has 2 aromatic heterocycles. The topological polar surface area (TPSA) is 95.4 Å². The molecule has 4 rings (SSSR count). The van der Waals surface area contributed by atoms with Crippen molar-refractivity contribution < 1.29 is 9.59 Å². The molecule has 0 bridgehead atoms. The zero-order valence-corrected chi connectivity index (χ0v) is 20.8. The van der Waals surface area contributed by atoms with Crippen LogP contribution in [0.3, 0.4) is 0 Å². The van der Waals surface area contributed by atoms with Crippen molar-refractivity contribution in [1.29, 1.82) is 0 Å². The Labute approximate surface area is 206 Å². The predicted molar refractivity (Wildman–Crippen MR) is 136 cm³/mol. The largest absolute Gasteiger partial charge is 0.336 e. The summed E-state index contributed by atoms with van der Waals surface area (Å²) in [5.74, 6) is 0.678. The molecule has 0 saturated carbocycles. The quantitative estimate of drug-likeness (QED) is 0.587. The van der Waals surface area contributed by atoms with Gasteiger partial charge in [-0.1, -0.05) is 32.9 Å². The summed E-state index contributed by atoms with van der Waals surface area (Å²) in [5.41, 5.74) is 3.33. The lowest BCUT2D eigenvalue weighted by atomic mass is 9.92. The van der Waals surface area contributed by atoms with Gasteiger partial charge in [0, 0.05) is 69.3 Å². The van der Waals surface area contributed by atoms with E-state index < -0.39 is 0 Å². The van der Waals surface area contributed by atoms with Crippen molar-refractivity contribution in [2.75, 3.05) is 36.8 Å². The highest BCUT2D eigenvalue weighted by molar-refractivity contribution is 5.99. The number of anilines is 2. The fraction of sp³-hybridized carbons (Fsp3) is 0.385. The molecular weight excluding hydrogens is 442 g/mol. The second-order valence-corrected chi connectivity index (χ2v) is 9.87. The van der Waals surface area contributed by atoms with Crippen LogP contribution in [0.5, 0.6) is 0 Å². The molecule has 9 heteroatoms. The molecule has 3 heterocycles. The average molecular weight is 476 g/mol. The van der Waals surface area contributed by atoms with Gasteiger partial charge in [-0.15, -0.1) is 0 Å². The number of hydrogen-bond donors (Lipinski definition) is 2. The van der Waals surface area contributed by atoms with E-state index in [-0.39, 0.29) is 17.4 Å². The molecule has 35 heavy (non-hydrogen) atoms. The van der Waals surface area contributed by atoms with Crippen LogP contribution in [0.15, 0.2) is 54.9 Å². The van der Waals surface area contributed by atoms with E-state index in [2.05, 4.69) is 46.4 Å². The first-order valence-corrected chi connectivity index (χ1v) is 11.8. The van der Waals surface area contributed by atoms with Crippen molar-refractivity contribution in [3.63, 3.8) is 0 Å². The molecule has 0 aliphatic carbocycles. The highest BCUT2D eigenvalue weighted by Crippen LogP contribution is 2.23. The van der Waals surface area contributed by atoms with Crippen LogP contribution in [-0.2, 0) is 19.0 Å². The van der Waals surface area contributed by atoms with Crippen molar-refractivity contribution in [1.82, 2.24) is 24.6 Å². The monoisotopic (exact) mass is 475 g/mol. The lowest BCUT2D eigenvalue weighted by Crippen LogP contribution is -2.48. The number of carbonyl (C=O) groups is 2. The number of nitrogens with one attached hydrogen (secondary N) is 2. The Bertz CT molecular complexity index is 1160. The van der Waals surface area contributed by atoms with Crippen LogP contribution in [0.2, 0.25) is 0 Å². The minimum atomic E-state index is -0.310. The molecule has 3 aromatic rings. The van der Waals surface area contributed by atoms with Crippen molar-refractivity contribution >= 4 is 23.4 Å². The van der Waals surface area contributed by atoms with Crippen molar-refractivity contribution in [3.8, 4) is 0 Å². The third-order valence-corrected chi connectivity index (χ3v) is 6.08. The summed E-state index contributed by atoms with van der Waals surface area (Å²) in [7, 11) is 1.81. The molecule has 1 saturated heterocycles. The van der Waals surface area contributed by atoms with Gasteiger partial charge < -0.3 is 10.2 Å². The van der Waals surface area contributed by atoms with E-state index in [0.29, 0.717) is 24.5 Å². The summed E-state index contributed by atoms with van der Waals surface area (Å²) in [4.78, 5) is 33.3. The minimum absolute atomic E-state index is 0.0345. The van der Waals surface area contributed by atoms with Crippen molar-refractivity contribution in [2.24, 2.45) is 7.05 Å². The number of benzene rings is 1. The van der Waals surface area contributed by atoms with Gasteiger partial charge in [-0.25, -0.2) is 4.79 Å². The molecule has 0 unspecified atom stereocenters. The van der Waals surface area contributed by atoms with Gasteiger partial charge in [0.25, 0.3) is 5.91 Å². The number of rotatable bonds is 5. The number of aromatic nitrogens is 3. The van der Waals surface area contributed by atoms with Gasteiger partial charge >= 0.3 is 6.03 Å². The van der Waals surface area contributed by atoms with E-state index >= 15 is 0 Å². The van der Waals surface area contributed by atoms with Gasteiger partial charge in [-0.2, -0.15) is 5.10 Å². The SMILES string of the molecule is Cn1nc(C(C)(C)C)cc1NC(=O)Nc1ccc(CN2CCN(C(=O)c3cccnc3)CC2)cc1. The molecule has 184 valence electrons. The molecule has 9 nitrogen and oxygen atoms in total. The number of piperazine rings is 1. The Balaban J connectivity index is 1.25. The minimum Gasteiger partial charge on any atom is -0.336 e. The highest BCUT2D eigenvalue weighted by atomic mass is 16.2. The Hall–Kier alpha value is -3.72. The highest BCUT2D eigenvalue weighted by Gasteiger charge is 2.22. The van der Waals surface area contributed by atoms with Crippen LogP contribution in [0, 0.1) is 0 Å². The van der Waals surface area contributed by atoms with Crippen LogP contribution in [0.4, 0.5) is 16.3 Å². The summed E-state index contributed by atoms with van der Waals surface area (Å²) >= 11 is 0. The first-order chi connectivity index (χ1) is 16.7. The number of carbonyl (C=O) groups excluding carboxylic acids is 2. The number of nitrogens with zero attached hydrogens (tertiary/aromatic N) is 5. The van der Waals surface area contributed by atoms with Crippen LogP contribution < -0.4 is 10.6 Å². The van der Waals surface area contributed by atoms with E-state index in [1.165, 1.54) is 0 Å². The fourth-order valence-electron chi connectivity index (χ4n) is 3.96. The predicted octanol–water partition coefficient (Wildman–Crippen LogP) is 3.71. The normalized spacial score (nSPS) is 14.6. The van der Waals surface area contributed by atoms with Gasteiger partial charge in [0.1, 0.15) is 5.82 Å². The zero-order chi connectivity index (χ0) is 25.0. The van der Waals surface area contributed by atoms with Crippen molar-refractivity contribution in [3.05, 3.63) is 71.7 Å². The lowest BCUT2D eigenvalue weighted by molar-refractivity contribution is 0.0628. The Morgan fingerprint density at radius 1 is 1.00 bits per heavy atom. The van der Waals surface area contributed by atoms with E-state index in [9.17, 15) is 9.59 Å². The first-order valence-electron chi connectivity index (χ1n) is 11.8. The van der Waals surface area contributed by atoms with Crippen LogP contribution in [0.25, 0.3) is 0 Å². The van der Waals surface area contributed by atoms with Crippen LogP contribution in [-0.4, -0.2) is 62.7 Å². The van der Waals surface area contributed by atoms with Gasteiger partial charge in [0.2, 0.25) is 0 Å². The Morgan fingerprint density at radius 2 is 1.71 bits per heavy atom. The molecule has 1 aliphatic heterocycles. The standard InChI is InChI=1S/C26H33N7O2/c1-26(2,3)22-16-23(31(4)30-22)29-25(35)28-21-9-7-19(8-10-21)18-32-12-14-33(15-13-32)24(34)20-6-5-11-27-17-20/h5-11,16-17H,12-15,18H2,1-4H3,(H2,28,29,35). The van der Waals surface area contributed by atoms with E-state index in [1.54, 1.807) is 29.2 Å². The summed E-state index contributed by atoms with van der Waals surface area (Å²) in [5, 5.41) is 10.2. The number of aryl methyl sites for hydroxylation is 1. The smallest absolute Gasteiger partial charge is 0.324 e. The van der Waals surface area contributed by atoms with Crippen LogP contribution >= 0.6 is 0 Å². The molecule has 0 radical (unpaired) electrons. The van der Waals surface area contributed by atoms with E-state index in [1.807, 2.05) is 42.3 Å². The Kier molecular flexibility index (Phi) is 7.16. The zero-order valence-electron chi connectivity index (χ0n) is 20.8.